The van der Waals surface area contributed by atoms with Crippen LogP contribution in [0.2, 0.25) is 0 Å². The summed E-state index contributed by atoms with van der Waals surface area (Å²) in [4.78, 5) is 24.6. The lowest BCUT2D eigenvalue weighted by Crippen LogP contribution is -2.43. The molecule has 2 aliphatic carbocycles. The first kappa shape index (κ1) is 40.8. The number of allylic oxidation sites excluding steroid dienone is 3. The number of rotatable bonds is 13. The lowest BCUT2D eigenvalue weighted by molar-refractivity contribution is -0.166. The average molecular weight is 638 g/mol. The third-order valence-corrected chi connectivity index (χ3v) is 8.47. The van der Waals surface area contributed by atoms with Gasteiger partial charge in [0.2, 0.25) is 0 Å². The number of esters is 2. The van der Waals surface area contributed by atoms with Gasteiger partial charge in [0, 0.05) is 51.6 Å². The average Bonchev–Trinajstić information content (AvgIpc) is 2.90. The summed E-state index contributed by atoms with van der Waals surface area (Å²) in [6.07, 6.45) is 9.61. The van der Waals surface area contributed by atoms with Gasteiger partial charge in [0.05, 0.1) is 17.9 Å². The van der Waals surface area contributed by atoms with Crippen molar-refractivity contribution in [2.75, 3.05) is 39.3 Å². The predicted molar refractivity (Wildman–Crippen MR) is 174 cm³/mol. The van der Waals surface area contributed by atoms with Crippen LogP contribution in [0.25, 0.3) is 0 Å². The van der Waals surface area contributed by atoms with E-state index in [1.54, 1.807) is 0 Å². The number of nitrogens with one attached hydrogen (secondary N) is 2. The van der Waals surface area contributed by atoms with Crippen LogP contribution in [0.15, 0.2) is 23.8 Å². The Balaban J connectivity index is 0.00000121. The Bertz CT molecular complexity index is 849. The lowest BCUT2D eigenvalue weighted by atomic mass is 9.65. The Morgan fingerprint density at radius 2 is 1.69 bits per heavy atom. The first-order valence-corrected chi connectivity index (χ1v) is 15.3. The second kappa shape index (κ2) is 20.7. The normalized spacial score (nSPS) is 28.5. The van der Waals surface area contributed by atoms with Crippen LogP contribution in [-0.2, 0) is 19.1 Å². The maximum atomic E-state index is 12.9. The van der Waals surface area contributed by atoms with Crippen molar-refractivity contribution in [2.45, 2.75) is 91.5 Å². The van der Waals surface area contributed by atoms with Gasteiger partial charge in [-0.1, -0.05) is 39.0 Å². The second-order valence-corrected chi connectivity index (χ2v) is 12.3. The zero-order valence-corrected chi connectivity index (χ0v) is 27.9. The fourth-order valence-electron chi connectivity index (χ4n) is 5.71. The van der Waals surface area contributed by atoms with Gasteiger partial charge in [-0.15, -0.1) is 24.8 Å². The highest BCUT2D eigenvalue weighted by Crippen LogP contribution is 2.45. The van der Waals surface area contributed by atoms with Crippen molar-refractivity contribution in [2.24, 2.45) is 40.6 Å². The number of hydrogen-bond donors (Lipinski definition) is 5. The molecule has 0 aromatic heterocycles. The number of fused-ring (bicyclic) bond motifs is 1. The minimum Gasteiger partial charge on any atom is -0.462 e. The first-order chi connectivity index (χ1) is 19.0. The van der Waals surface area contributed by atoms with Gasteiger partial charge >= 0.3 is 11.9 Å². The summed E-state index contributed by atoms with van der Waals surface area (Å²) in [5.41, 5.74) is 11.3. The highest BCUT2D eigenvalue weighted by atomic mass is 35.5. The quantitative estimate of drug-likeness (QED) is 0.151. The maximum Gasteiger partial charge on any atom is 0.311 e. The van der Waals surface area contributed by atoms with Crippen molar-refractivity contribution < 1.29 is 24.2 Å². The number of carbonyl (C=O) groups is 2. The predicted octanol–water partition coefficient (Wildman–Crippen LogP) is 3.51. The largest absolute Gasteiger partial charge is 0.462 e. The molecule has 0 unspecified atom stereocenters. The number of aliphatic hydroxyl groups excluding tert-OH is 1. The second-order valence-electron chi connectivity index (χ2n) is 12.3. The molecule has 42 heavy (non-hydrogen) atoms. The van der Waals surface area contributed by atoms with Crippen LogP contribution in [0, 0.1) is 29.1 Å². The van der Waals surface area contributed by atoms with Crippen molar-refractivity contribution >= 4 is 36.8 Å². The van der Waals surface area contributed by atoms with Crippen LogP contribution in [0.5, 0.6) is 0 Å². The molecular formula is C31H58Cl2N4O5. The third-order valence-electron chi connectivity index (χ3n) is 8.47. The number of cyclic esters (lactones) is 1. The van der Waals surface area contributed by atoms with Crippen LogP contribution in [0.3, 0.4) is 0 Å². The van der Waals surface area contributed by atoms with Crippen LogP contribution in [-0.4, -0.2) is 74.6 Å². The van der Waals surface area contributed by atoms with E-state index in [1.165, 1.54) is 5.57 Å². The van der Waals surface area contributed by atoms with E-state index in [1.807, 2.05) is 20.8 Å². The Labute approximate surface area is 266 Å². The topological polar surface area (TPSA) is 149 Å². The maximum absolute atomic E-state index is 12.9. The van der Waals surface area contributed by atoms with E-state index in [4.69, 9.17) is 20.9 Å². The fourth-order valence-corrected chi connectivity index (χ4v) is 5.71. The van der Waals surface area contributed by atoms with Gasteiger partial charge in [-0.2, -0.15) is 0 Å². The van der Waals surface area contributed by atoms with Crippen molar-refractivity contribution in [1.82, 2.24) is 10.6 Å². The monoisotopic (exact) mass is 636 g/mol. The summed E-state index contributed by atoms with van der Waals surface area (Å²) in [6, 6.07) is 0. The van der Waals surface area contributed by atoms with Crippen LogP contribution in [0.1, 0.15) is 73.1 Å². The molecule has 0 radical (unpaired) electrons. The summed E-state index contributed by atoms with van der Waals surface area (Å²) < 4.78 is 11.6. The van der Waals surface area contributed by atoms with Crippen LogP contribution >= 0.6 is 24.8 Å². The van der Waals surface area contributed by atoms with E-state index < -0.39 is 11.5 Å². The summed E-state index contributed by atoms with van der Waals surface area (Å²) in [5, 5.41) is 16.2. The summed E-state index contributed by atoms with van der Waals surface area (Å²) in [6.45, 7) is 15.4. The van der Waals surface area contributed by atoms with Gasteiger partial charge in [-0.25, -0.2) is 0 Å². The molecule has 1 saturated heterocycles. The van der Waals surface area contributed by atoms with Crippen LogP contribution in [0.4, 0.5) is 0 Å². The van der Waals surface area contributed by atoms with Gasteiger partial charge in [-0.05, 0) is 62.9 Å². The molecule has 0 saturated carbocycles. The molecule has 9 nitrogen and oxygen atoms in total. The van der Waals surface area contributed by atoms with Crippen molar-refractivity contribution in [1.29, 1.82) is 0 Å². The molecule has 246 valence electrons. The minimum atomic E-state index is -0.601. The highest BCUT2D eigenvalue weighted by molar-refractivity contribution is 5.85. The number of carbonyl (C=O) groups excluding carboxylic acids is 2. The number of ether oxygens (including phenoxy) is 2. The summed E-state index contributed by atoms with van der Waals surface area (Å²) >= 11 is 0. The fraction of sp³-hybridized carbons (Fsp3) is 0.806. The Morgan fingerprint density at radius 3 is 2.24 bits per heavy atom. The molecule has 3 rings (SSSR count). The van der Waals surface area contributed by atoms with Gasteiger partial charge in [0.1, 0.15) is 12.2 Å². The Morgan fingerprint density at radius 1 is 1.07 bits per heavy atom. The van der Waals surface area contributed by atoms with E-state index in [-0.39, 0.29) is 61.3 Å². The smallest absolute Gasteiger partial charge is 0.311 e. The molecule has 3 aliphatic rings. The van der Waals surface area contributed by atoms with Gasteiger partial charge < -0.3 is 36.7 Å². The molecule has 7 atom stereocenters. The Kier molecular flexibility index (Phi) is 20.1. The van der Waals surface area contributed by atoms with E-state index in [0.717, 1.165) is 51.9 Å². The molecular weight excluding hydrogens is 579 g/mol. The molecule has 1 fully saturated rings. The van der Waals surface area contributed by atoms with Crippen molar-refractivity contribution in [3.63, 3.8) is 0 Å². The standard InChI is InChI=1S/C25H38O5.C6H18N4.2ClH/c1-6-25(4,5)24(28)30-21-12-15(2)11-17-8-7-16(3)20(23(17)21)10-9-19-13-18(26)14-22(27)29-19;7-1-3-9-5-6-10-4-2-8;;/h7-8,11,15-16,18-21,23,26H,6,9-10,12-14H2,1-5H3;9-10H,1-8H2;2*1H/t15-,16-,18+,19+,20-,21-,23-;;;/m0.../s1. The summed E-state index contributed by atoms with van der Waals surface area (Å²) in [7, 11) is 0. The molecule has 1 heterocycles. The molecule has 0 spiro atoms. The van der Waals surface area contributed by atoms with Gasteiger partial charge in [0.25, 0.3) is 0 Å². The van der Waals surface area contributed by atoms with Gasteiger partial charge in [0.15, 0.2) is 0 Å². The lowest BCUT2D eigenvalue weighted by Gasteiger charge is -2.44. The zero-order valence-electron chi connectivity index (χ0n) is 26.3. The molecule has 0 amide bonds. The molecule has 1 aliphatic heterocycles. The number of aliphatic hydroxyl groups is 1. The zero-order chi connectivity index (χ0) is 29.7. The van der Waals surface area contributed by atoms with Crippen molar-refractivity contribution in [3.8, 4) is 0 Å². The molecule has 0 aromatic rings. The number of nitrogens with two attached hydrogens (primary N) is 2. The van der Waals surface area contributed by atoms with Gasteiger partial charge in [-0.3, -0.25) is 9.59 Å². The first-order valence-electron chi connectivity index (χ1n) is 15.3. The Hall–Kier alpha value is -1.20. The number of halogens is 2. The molecule has 7 N–H and O–H groups in total. The van der Waals surface area contributed by atoms with E-state index in [2.05, 4.69) is 42.7 Å². The van der Waals surface area contributed by atoms with E-state index >= 15 is 0 Å². The highest BCUT2D eigenvalue weighted by Gasteiger charge is 2.43. The number of hydrogen-bond acceptors (Lipinski definition) is 9. The molecule has 11 heteroatoms. The van der Waals surface area contributed by atoms with E-state index in [9.17, 15) is 14.7 Å². The van der Waals surface area contributed by atoms with E-state index in [0.29, 0.717) is 37.3 Å². The third kappa shape index (κ3) is 13.2. The molecule has 0 aromatic carbocycles. The summed E-state index contributed by atoms with van der Waals surface area (Å²) in [5.74, 6) is 0.776. The molecule has 0 bridgehead atoms. The van der Waals surface area contributed by atoms with Crippen LogP contribution < -0.4 is 22.1 Å². The van der Waals surface area contributed by atoms with Crippen molar-refractivity contribution in [3.05, 3.63) is 23.8 Å². The SMILES string of the molecule is CCC(C)(C)C(=O)O[C@H]1C[C@@H](C)C=C2C=C[C@H](C)[C@H](CC[C@@H]3C[C@@H](O)CC(=O)O3)[C@H]21.Cl.Cl.NCCNCCNCCN. The minimum absolute atomic E-state index is 0.